The normalized spacial score (nSPS) is 18.0. The molecule has 57 heavy (non-hydrogen) atoms. The second-order valence-corrected chi connectivity index (χ2v) is 14.7. The van der Waals surface area contributed by atoms with Gasteiger partial charge in [0, 0.05) is 54.4 Å². The molecule has 2 bridgehead atoms. The second-order valence-electron chi connectivity index (χ2n) is 14.3. The third-order valence-corrected chi connectivity index (χ3v) is 10.6. The summed E-state index contributed by atoms with van der Waals surface area (Å²) < 4.78 is 39.9. The van der Waals surface area contributed by atoms with Crippen LogP contribution in [-0.2, 0) is 23.9 Å². The number of fused-ring (bicyclic) bond motifs is 2. The van der Waals surface area contributed by atoms with Crippen molar-refractivity contribution in [2.45, 2.75) is 69.0 Å². The van der Waals surface area contributed by atoms with Gasteiger partial charge in [0.2, 0.25) is 5.91 Å². The van der Waals surface area contributed by atoms with E-state index >= 15 is 0 Å². The summed E-state index contributed by atoms with van der Waals surface area (Å²) in [6.45, 7) is 0.841. The van der Waals surface area contributed by atoms with Crippen molar-refractivity contribution in [3.8, 4) is 0 Å². The van der Waals surface area contributed by atoms with E-state index in [4.69, 9.17) is 11.6 Å². The van der Waals surface area contributed by atoms with Crippen LogP contribution in [0, 0.1) is 0 Å². The van der Waals surface area contributed by atoms with Crippen LogP contribution in [0.5, 0.6) is 0 Å². The number of anilines is 2. The van der Waals surface area contributed by atoms with E-state index in [0.29, 0.717) is 28.4 Å². The minimum Gasteiger partial charge on any atom is -0.355 e. The Bertz CT molecular complexity index is 2100. The summed E-state index contributed by atoms with van der Waals surface area (Å²) >= 11 is 6.08. The summed E-state index contributed by atoms with van der Waals surface area (Å²) in [5.74, 6) is -0.810. The molecular weight excluding hydrogens is 751 g/mol. The average molecular weight is 796 g/mol. The third kappa shape index (κ3) is 11.2. The Morgan fingerprint density at radius 1 is 0.754 bits per heavy atom. The first-order valence-electron chi connectivity index (χ1n) is 18.9. The molecule has 0 spiro atoms. The number of amides is 3. The molecular formula is C45H45ClF3N5O3. The number of nitrogens with zero attached hydrogens (tertiary/aromatic N) is 1. The van der Waals surface area contributed by atoms with Gasteiger partial charge in [-0.15, -0.1) is 0 Å². The van der Waals surface area contributed by atoms with Crippen LogP contribution in [0.15, 0.2) is 133 Å². The van der Waals surface area contributed by atoms with Crippen LogP contribution in [-0.4, -0.2) is 53.8 Å². The van der Waals surface area contributed by atoms with Crippen molar-refractivity contribution in [3.05, 3.63) is 166 Å². The maximum Gasteiger partial charge on any atom is 0.416 e. The zero-order valence-electron chi connectivity index (χ0n) is 31.4. The molecule has 7 rings (SSSR count). The lowest BCUT2D eigenvalue weighted by atomic mass is 9.95. The quantitative estimate of drug-likeness (QED) is 0.107. The lowest BCUT2D eigenvalue weighted by molar-refractivity contribution is -0.137. The van der Waals surface area contributed by atoms with E-state index in [1.165, 1.54) is 17.7 Å². The van der Waals surface area contributed by atoms with E-state index in [-0.39, 0.29) is 35.5 Å². The van der Waals surface area contributed by atoms with E-state index in [1.54, 1.807) is 43.4 Å². The molecule has 296 valence electrons. The van der Waals surface area contributed by atoms with Gasteiger partial charge in [-0.3, -0.25) is 19.3 Å². The fourth-order valence-corrected chi connectivity index (χ4v) is 7.63. The van der Waals surface area contributed by atoms with Gasteiger partial charge in [0.05, 0.1) is 16.8 Å². The number of hydrogen-bond donors (Lipinski definition) is 4. The molecule has 3 amide bonds. The number of nitrogens with one attached hydrogen (secondary N) is 4. The van der Waals surface area contributed by atoms with Crippen molar-refractivity contribution in [1.82, 2.24) is 20.9 Å². The van der Waals surface area contributed by atoms with Crippen LogP contribution < -0.4 is 21.3 Å². The molecule has 2 heterocycles. The van der Waals surface area contributed by atoms with Crippen molar-refractivity contribution in [3.63, 3.8) is 0 Å². The van der Waals surface area contributed by atoms with E-state index in [9.17, 15) is 27.6 Å². The molecule has 12 heteroatoms. The smallest absolute Gasteiger partial charge is 0.355 e. The number of alkyl halides is 3. The van der Waals surface area contributed by atoms with Gasteiger partial charge in [-0.1, -0.05) is 90.5 Å². The molecule has 3 unspecified atom stereocenters. The van der Waals surface area contributed by atoms with E-state index < -0.39 is 23.7 Å². The van der Waals surface area contributed by atoms with Crippen LogP contribution in [0.4, 0.5) is 24.5 Å². The third-order valence-electron chi connectivity index (χ3n) is 10.3. The first kappa shape index (κ1) is 41.0. The van der Waals surface area contributed by atoms with Crippen LogP contribution in [0.3, 0.4) is 0 Å². The van der Waals surface area contributed by atoms with Gasteiger partial charge in [-0.2, -0.15) is 13.2 Å². The lowest BCUT2D eigenvalue weighted by Gasteiger charge is -2.39. The Labute approximate surface area is 335 Å². The topological polar surface area (TPSA) is 103 Å². The van der Waals surface area contributed by atoms with Gasteiger partial charge in [-0.05, 0) is 91.4 Å². The van der Waals surface area contributed by atoms with Gasteiger partial charge < -0.3 is 21.3 Å². The highest BCUT2D eigenvalue weighted by molar-refractivity contribution is 6.30. The minimum absolute atomic E-state index is 0.0218. The van der Waals surface area contributed by atoms with Gasteiger partial charge >= 0.3 is 6.18 Å². The lowest BCUT2D eigenvalue weighted by Crippen LogP contribution is -2.55. The minimum atomic E-state index is -4.50. The predicted molar refractivity (Wildman–Crippen MR) is 217 cm³/mol. The monoisotopic (exact) mass is 795 g/mol. The number of carbonyl (C=O) groups excluding carboxylic acids is 3. The molecule has 0 aliphatic carbocycles. The summed E-state index contributed by atoms with van der Waals surface area (Å²) in [4.78, 5) is 41.0. The molecule has 2 fully saturated rings. The number of carbonyl (C=O) groups is 3. The summed E-state index contributed by atoms with van der Waals surface area (Å²) in [7, 11) is 1.62. The van der Waals surface area contributed by atoms with Gasteiger partial charge in [0.25, 0.3) is 11.8 Å². The van der Waals surface area contributed by atoms with Crippen molar-refractivity contribution < 1.29 is 27.6 Å². The van der Waals surface area contributed by atoms with Gasteiger partial charge in [0.15, 0.2) is 0 Å². The molecule has 4 N–H and O–H groups in total. The number of halogens is 4. The van der Waals surface area contributed by atoms with Crippen molar-refractivity contribution >= 4 is 40.7 Å². The van der Waals surface area contributed by atoms with E-state index in [0.717, 1.165) is 49.9 Å². The second kappa shape index (κ2) is 19.0. The summed E-state index contributed by atoms with van der Waals surface area (Å²) in [6, 6.07) is 37.7. The molecule has 0 radical (unpaired) electrons. The maximum absolute atomic E-state index is 13.9. The number of hydrogen-bond acceptors (Lipinski definition) is 5. The van der Waals surface area contributed by atoms with Crippen molar-refractivity contribution in [1.29, 1.82) is 0 Å². The fraction of sp³-hybridized carbons (Fsp3) is 0.267. The number of benzene rings is 5. The standard InChI is InChI=1S/C37H36ClF3N4O2.C8H9NO/c38-27-15-13-25(14-16-27)23-45-30-17-18-31(45)22-29(21-30)43-36(47)34(19-24-7-2-1-3-8-24)44-35(46)32-11-4-5-12-33(32)42-28-10-6-9-26(20-28)37(39,40)41;1-9-8(10)7-5-3-2-4-6-7/h1-16,20,29-31,34,42H,17-19,21-23H2,(H,43,47)(H,44,46);2-6H,1H3,(H,9,10)/t29?,30-,31?,34?;/m0./s1. The maximum atomic E-state index is 13.9. The first-order chi connectivity index (χ1) is 27.5. The Hall–Kier alpha value is -5.65. The number of rotatable bonds is 11. The Kier molecular flexibility index (Phi) is 13.7. The molecule has 5 aromatic carbocycles. The summed E-state index contributed by atoms with van der Waals surface area (Å²) in [6.07, 6.45) is -0.421. The Balaban J connectivity index is 0.000000479. The van der Waals surface area contributed by atoms with Gasteiger partial charge in [0.1, 0.15) is 6.04 Å². The zero-order chi connectivity index (χ0) is 40.4. The molecule has 8 nitrogen and oxygen atoms in total. The molecule has 5 aromatic rings. The Morgan fingerprint density at radius 3 is 2.04 bits per heavy atom. The largest absolute Gasteiger partial charge is 0.416 e. The fourth-order valence-electron chi connectivity index (χ4n) is 7.50. The van der Waals surface area contributed by atoms with Crippen LogP contribution in [0.2, 0.25) is 5.02 Å². The van der Waals surface area contributed by atoms with Crippen LogP contribution in [0.1, 0.15) is 63.1 Å². The number of para-hydroxylation sites is 1. The van der Waals surface area contributed by atoms with E-state index in [2.05, 4.69) is 38.3 Å². The van der Waals surface area contributed by atoms with Crippen LogP contribution >= 0.6 is 11.6 Å². The summed E-state index contributed by atoms with van der Waals surface area (Å²) in [5.41, 5.74) is 2.73. The molecule has 2 aliphatic rings. The SMILES string of the molecule is CNC(=O)c1ccccc1.O=C(NC(Cc1ccccc1)C(=O)NC1CC2CC[C@@H](C1)N2Cc1ccc(Cl)cc1)c1ccccc1Nc1cccc(C(F)(F)F)c1. The predicted octanol–water partition coefficient (Wildman–Crippen LogP) is 8.80. The molecule has 2 aliphatic heterocycles. The first-order valence-corrected chi connectivity index (χ1v) is 19.3. The highest BCUT2D eigenvalue weighted by Crippen LogP contribution is 2.37. The zero-order valence-corrected chi connectivity index (χ0v) is 32.2. The molecule has 4 atom stereocenters. The van der Waals surface area contributed by atoms with Crippen LogP contribution in [0.25, 0.3) is 0 Å². The van der Waals surface area contributed by atoms with E-state index in [1.807, 2.05) is 60.7 Å². The number of piperidine rings is 1. The average Bonchev–Trinajstić information content (AvgIpc) is 3.44. The van der Waals surface area contributed by atoms with Gasteiger partial charge in [-0.25, -0.2) is 0 Å². The molecule has 2 saturated heterocycles. The highest BCUT2D eigenvalue weighted by Gasteiger charge is 2.41. The molecule has 0 aromatic heterocycles. The molecule has 0 saturated carbocycles. The van der Waals surface area contributed by atoms with Crippen molar-refractivity contribution in [2.24, 2.45) is 0 Å². The highest BCUT2D eigenvalue weighted by atomic mass is 35.5. The van der Waals surface area contributed by atoms with Crippen molar-refractivity contribution in [2.75, 3.05) is 12.4 Å². The Morgan fingerprint density at radius 2 is 1.39 bits per heavy atom. The summed E-state index contributed by atoms with van der Waals surface area (Å²) in [5, 5.41) is 12.4.